The molecule has 0 atom stereocenters. The van der Waals surface area contributed by atoms with Crippen LogP contribution in [0.25, 0.3) is 0 Å². The molecular formula is C20H24N4O4. The number of benzene rings is 2. The summed E-state index contributed by atoms with van der Waals surface area (Å²) in [6.45, 7) is 3.69. The van der Waals surface area contributed by atoms with Crippen molar-refractivity contribution in [3.05, 3.63) is 63.2 Å². The fourth-order valence-corrected chi connectivity index (χ4v) is 2.76. The Morgan fingerprint density at radius 1 is 1.11 bits per heavy atom. The highest BCUT2D eigenvalue weighted by atomic mass is 16.6. The second kappa shape index (κ2) is 8.51. The van der Waals surface area contributed by atoms with Crippen LogP contribution in [0, 0.1) is 24.0 Å². The molecule has 8 nitrogen and oxygen atoms in total. The molecule has 0 aromatic heterocycles. The number of hydrogen-bond acceptors (Lipinski definition) is 5. The standard InChI is InChI=1S/C20H24N4O4/c1-13-7-6-8-16(14(13)2)21-19(25)12-23(5)20(26)15-9-10-17(22(3)4)18(11-15)24(27)28/h6-11H,12H2,1-5H3,(H,21,25). The number of carbonyl (C=O) groups excluding carboxylic acids is 2. The van der Waals surface area contributed by atoms with Crippen LogP contribution in [0.4, 0.5) is 17.1 Å². The van der Waals surface area contributed by atoms with Crippen molar-refractivity contribution in [2.45, 2.75) is 13.8 Å². The third-order valence-electron chi connectivity index (χ3n) is 4.51. The minimum Gasteiger partial charge on any atom is -0.372 e. The van der Waals surface area contributed by atoms with Gasteiger partial charge in [0.2, 0.25) is 5.91 Å². The predicted octanol–water partition coefficient (Wildman–Crippen LogP) is 2.99. The minimum atomic E-state index is -0.528. The number of likely N-dealkylation sites (N-methyl/N-ethyl adjacent to an activating group) is 1. The van der Waals surface area contributed by atoms with Crippen LogP contribution in [0.5, 0.6) is 0 Å². The van der Waals surface area contributed by atoms with Crippen LogP contribution in [0.15, 0.2) is 36.4 Å². The smallest absolute Gasteiger partial charge is 0.293 e. The van der Waals surface area contributed by atoms with Crippen molar-refractivity contribution in [2.75, 3.05) is 37.9 Å². The monoisotopic (exact) mass is 384 g/mol. The zero-order valence-electron chi connectivity index (χ0n) is 16.6. The topological polar surface area (TPSA) is 95.8 Å². The Bertz CT molecular complexity index is 924. The maximum absolute atomic E-state index is 12.6. The van der Waals surface area contributed by atoms with E-state index >= 15 is 0 Å². The SMILES string of the molecule is Cc1cccc(NC(=O)CN(C)C(=O)c2ccc(N(C)C)c([N+](=O)[O-])c2)c1C. The molecule has 2 amide bonds. The molecule has 0 aliphatic heterocycles. The average Bonchev–Trinajstić information content (AvgIpc) is 2.64. The summed E-state index contributed by atoms with van der Waals surface area (Å²) < 4.78 is 0. The van der Waals surface area contributed by atoms with Crippen LogP contribution in [0.1, 0.15) is 21.5 Å². The largest absolute Gasteiger partial charge is 0.372 e. The number of nitro groups is 1. The number of anilines is 2. The quantitative estimate of drug-likeness (QED) is 0.610. The van der Waals surface area contributed by atoms with E-state index in [1.54, 1.807) is 25.1 Å². The van der Waals surface area contributed by atoms with Gasteiger partial charge in [-0.15, -0.1) is 0 Å². The normalized spacial score (nSPS) is 10.3. The van der Waals surface area contributed by atoms with Crippen LogP contribution >= 0.6 is 0 Å². The summed E-state index contributed by atoms with van der Waals surface area (Å²) in [5.41, 5.74) is 3.09. The van der Waals surface area contributed by atoms with Gasteiger partial charge >= 0.3 is 0 Å². The van der Waals surface area contributed by atoms with E-state index in [4.69, 9.17) is 0 Å². The van der Waals surface area contributed by atoms with Gasteiger partial charge in [-0.2, -0.15) is 0 Å². The maximum Gasteiger partial charge on any atom is 0.293 e. The fraction of sp³-hybridized carbons (Fsp3) is 0.300. The molecule has 0 fully saturated rings. The highest BCUT2D eigenvalue weighted by molar-refractivity contribution is 6.00. The Balaban J connectivity index is 2.14. The zero-order valence-corrected chi connectivity index (χ0v) is 16.6. The molecule has 0 heterocycles. The summed E-state index contributed by atoms with van der Waals surface area (Å²) in [6, 6.07) is 9.87. The summed E-state index contributed by atoms with van der Waals surface area (Å²) in [5, 5.41) is 14.1. The maximum atomic E-state index is 12.6. The third kappa shape index (κ3) is 4.64. The highest BCUT2D eigenvalue weighted by Gasteiger charge is 2.21. The van der Waals surface area contributed by atoms with Crippen molar-refractivity contribution in [3.8, 4) is 0 Å². The molecule has 148 valence electrons. The van der Waals surface area contributed by atoms with Crippen molar-refractivity contribution in [1.82, 2.24) is 4.90 Å². The number of rotatable bonds is 6. The third-order valence-corrected chi connectivity index (χ3v) is 4.51. The molecule has 0 saturated carbocycles. The molecule has 28 heavy (non-hydrogen) atoms. The van der Waals surface area contributed by atoms with Gasteiger partial charge in [0.15, 0.2) is 0 Å². The molecule has 0 bridgehead atoms. The molecule has 0 unspecified atom stereocenters. The lowest BCUT2D eigenvalue weighted by molar-refractivity contribution is -0.384. The molecule has 2 aromatic carbocycles. The molecule has 2 rings (SSSR count). The first-order valence-electron chi connectivity index (χ1n) is 8.69. The Labute approximate surface area is 163 Å². The van der Waals surface area contributed by atoms with Gasteiger partial charge < -0.3 is 15.1 Å². The number of hydrogen-bond donors (Lipinski definition) is 1. The van der Waals surface area contributed by atoms with E-state index < -0.39 is 10.8 Å². The van der Waals surface area contributed by atoms with Crippen LogP contribution in [0.2, 0.25) is 0 Å². The van der Waals surface area contributed by atoms with Crippen molar-refractivity contribution in [2.24, 2.45) is 0 Å². The molecule has 0 aliphatic carbocycles. The number of nitrogens with one attached hydrogen (secondary N) is 1. The predicted molar refractivity (Wildman–Crippen MR) is 109 cm³/mol. The van der Waals surface area contributed by atoms with E-state index in [9.17, 15) is 19.7 Å². The van der Waals surface area contributed by atoms with Gasteiger partial charge in [0.25, 0.3) is 11.6 Å². The van der Waals surface area contributed by atoms with E-state index in [1.807, 2.05) is 26.0 Å². The van der Waals surface area contributed by atoms with E-state index in [0.29, 0.717) is 11.4 Å². The van der Waals surface area contributed by atoms with Gasteiger partial charge in [0, 0.05) is 38.5 Å². The van der Waals surface area contributed by atoms with Crippen LogP contribution in [-0.4, -0.2) is 49.3 Å². The number of nitro benzene ring substituents is 1. The van der Waals surface area contributed by atoms with E-state index in [1.165, 1.54) is 30.1 Å². The molecule has 0 radical (unpaired) electrons. The van der Waals surface area contributed by atoms with Gasteiger partial charge in [-0.3, -0.25) is 19.7 Å². The van der Waals surface area contributed by atoms with Crippen molar-refractivity contribution >= 4 is 28.9 Å². The van der Waals surface area contributed by atoms with Gasteiger partial charge in [0.1, 0.15) is 5.69 Å². The Hall–Kier alpha value is -3.42. The van der Waals surface area contributed by atoms with Crippen LogP contribution < -0.4 is 10.2 Å². The Kier molecular flexibility index (Phi) is 6.35. The summed E-state index contributed by atoms with van der Waals surface area (Å²) in [6.07, 6.45) is 0. The lowest BCUT2D eigenvalue weighted by atomic mass is 10.1. The second-order valence-electron chi connectivity index (χ2n) is 6.81. The van der Waals surface area contributed by atoms with E-state index in [2.05, 4.69) is 5.32 Å². The molecular weight excluding hydrogens is 360 g/mol. The number of aryl methyl sites for hydroxylation is 1. The fourth-order valence-electron chi connectivity index (χ4n) is 2.76. The molecule has 2 aromatic rings. The number of nitrogens with zero attached hydrogens (tertiary/aromatic N) is 3. The van der Waals surface area contributed by atoms with Gasteiger partial charge in [-0.05, 0) is 43.2 Å². The average molecular weight is 384 g/mol. The van der Waals surface area contributed by atoms with Gasteiger partial charge in [0.05, 0.1) is 11.5 Å². The first kappa shape index (κ1) is 20.9. The molecule has 0 spiro atoms. The minimum absolute atomic E-state index is 0.152. The number of carbonyl (C=O) groups is 2. The van der Waals surface area contributed by atoms with E-state index in [0.717, 1.165) is 11.1 Å². The van der Waals surface area contributed by atoms with Gasteiger partial charge in [-0.25, -0.2) is 0 Å². The molecule has 0 saturated heterocycles. The molecule has 0 aliphatic rings. The highest BCUT2D eigenvalue weighted by Crippen LogP contribution is 2.28. The summed E-state index contributed by atoms with van der Waals surface area (Å²) in [5.74, 6) is -0.812. The van der Waals surface area contributed by atoms with Crippen LogP contribution in [-0.2, 0) is 4.79 Å². The van der Waals surface area contributed by atoms with Crippen LogP contribution in [0.3, 0.4) is 0 Å². The zero-order chi connectivity index (χ0) is 21.0. The summed E-state index contributed by atoms with van der Waals surface area (Å²) >= 11 is 0. The second-order valence-corrected chi connectivity index (χ2v) is 6.81. The Morgan fingerprint density at radius 3 is 2.39 bits per heavy atom. The van der Waals surface area contributed by atoms with E-state index in [-0.39, 0.29) is 23.7 Å². The summed E-state index contributed by atoms with van der Waals surface area (Å²) in [7, 11) is 4.86. The molecule has 8 heteroatoms. The number of amides is 2. The van der Waals surface area contributed by atoms with Crippen molar-refractivity contribution < 1.29 is 14.5 Å². The summed E-state index contributed by atoms with van der Waals surface area (Å²) in [4.78, 5) is 38.5. The van der Waals surface area contributed by atoms with Crippen molar-refractivity contribution in [3.63, 3.8) is 0 Å². The molecule has 1 N–H and O–H groups in total. The lowest BCUT2D eigenvalue weighted by Gasteiger charge is -2.19. The lowest BCUT2D eigenvalue weighted by Crippen LogP contribution is -2.35. The first-order chi connectivity index (χ1) is 13.1. The van der Waals surface area contributed by atoms with Crippen molar-refractivity contribution in [1.29, 1.82) is 0 Å². The van der Waals surface area contributed by atoms with Gasteiger partial charge in [-0.1, -0.05) is 12.1 Å². The first-order valence-corrected chi connectivity index (χ1v) is 8.69. The Morgan fingerprint density at radius 2 is 1.79 bits per heavy atom.